The van der Waals surface area contributed by atoms with Crippen molar-refractivity contribution < 1.29 is 0 Å². The van der Waals surface area contributed by atoms with Gasteiger partial charge in [0.2, 0.25) is 0 Å². The molecule has 7 heteroatoms. The fraction of sp³-hybridized carbons (Fsp3) is 0.500. The number of anilines is 1. The summed E-state index contributed by atoms with van der Waals surface area (Å²) in [6, 6.07) is 4.08. The molecule has 2 heterocycles. The lowest BCUT2D eigenvalue weighted by molar-refractivity contribution is 0.534. The number of nitrogens with zero attached hydrogens (tertiary/aromatic N) is 3. The Hall–Kier alpha value is -1.76. The van der Waals surface area contributed by atoms with Gasteiger partial charge in [0.15, 0.2) is 5.16 Å². The van der Waals surface area contributed by atoms with Crippen LogP contribution < -0.4 is 11.0 Å². The van der Waals surface area contributed by atoms with E-state index in [2.05, 4.69) is 27.4 Å². The molecular weight excluding hydrogens is 286 g/mol. The Bertz CT molecular complexity index is 634. The van der Waals surface area contributed by atoms with Crippen molar-refractivity contribution in [3.05, 3.63) is 34.5 Å². The molecule has 0 aromatic carbocycles. The van der Waals surface area contributed by atoms with Gasteiger partial charge in [0.1, 0.15) is 0 Å². The number of H-pyrrole nitrogens is 1. The predicted molar refractivity (Wildman–Crippen MR) is 85.8 cm³/mol. The molecule has 114 valence electrons. The van der Waals surface area contributed by atoms with Gasteiger partial charge in [-0.05, 0) is 32.4 Å². The van der Waals surface area contributed by atoms with Crippen LogP contribution in [0.4, 0.5) is 5.69 Å². The van der Waals surface area contributed by atoms with Crippen molar-refractivity contribution in [1.82, 2.24) is 19.7 Å². The van der Waals surface area contributed by atoms with Gasteiger partial charge >= 0.3 is 5.69 Å². The largest absolute Gasteiger partial charge is 0.385 e. The van der Waals surface area contributed by atoms with Gasteiger partial charge in [-0.25, -0.2) is 9.89 Å². The van der Waals surface area contributed by atoms with Crippen LogP contribution in [0.25, 0.3) is 0 Å². The van der Waals surface area contributed by atoms with Crippen LogP contribution >= 0.6 is 11.8 Å². The van der Waals surface area contributed by atoms with Crippen molar-refractivity contribution in [2.45, 2.75) is 44.1 Å². The van der Waals surface area contributed by atoms with E-state index in [4.69, 9.17) is 0 Å². The van der Waals surface area contributed by atoms with Crippen molar-refractivity contribution in [2.75, 3.05) is 11.9 Å². The van der Waals surface area contributed by atoms with Crippen LogP contribution in [-0.2, 0) is 5.75 Å². The Balaban J connectivity index is 2.05. The number of rotatable bonds is 7. The van der Waals surface area contributed by atoms with Crippen LogP contribution in [0, 0.1) is 0 Å². The monoisotopic (exact) mass is 307 g/mol. The second-order valence-corrected chi connectivity index (χ2v) is 5.97. The van der Waals surface area contributed by atoms with Gasteiger partial charge in [0.05, 0.1) is 5.69 Å². The summed E-state index contributed by atoms with van der Waals surface area (Å²) in [6.45, 7) is 7.01. The minimum absolute atomic E-state index is 0.0873. The number of hydrogen-bond donors (Lipinski definition) is 2. The molecule has 21 heavy (non-hydrogen) atoms. The SMILES string of the molecule is CCCNc1ccnc(CSc2n[nH]c(=O)n2C(C)C)c1. The van der Waals surface area contributed by atoms with Crippen molar-refractivity contribution in [1.29, 1.82) is 0 Å². The summed E-state index contributed by atoms with van der Waals surface area (Å²) < 4.78 is 1.66. The number of pyridine rings is 1. The predicted octanol–water partition coefficient (Wildman–Crippen LogP) is 2.66. The average molecular weight is 307 g/mol. The summed E-state index contributed by atoms with van der Waals surface area (Å²) in [7, 11) is 0. The van der Waals surface area contributed by atoms with E-state index in [1.807, 2.05) is 26.0 Å². The van der Waals surface area contributed by atoms with E-state index in [0.29, 0.717) is 10.9 Å². The first-order valence-electron chi connectivity index (χ1n) is 7.10. The van der Waals surface area contributed by atoms with Crippen molar-refractivity contribution in [3.8, 4) is 0 Å². The highest BCUT2D eigenvalue weighted by Gasteiger charge is 2.12. The third-order valence-corrected chi connectivity index (χ3v) is 3.92. The van der Waals surface area contributed by atoms with E-state index in [0.717, 1.165) is 24.3 Å². The number of aromatic amines is 1. The third-order valence-electron chi connectivity index (χ3n) is 2.93. The summed E-state index contributed by atoms with van der Waals surface area (Å²) in [4.78, 5) is 16.0. The molecular formula is C14H21N5OS. The highest BCUT2D eigenvalue weighted by Crippen LogP contribution is 2.22. The van der Waals surface area contributed by atoms with E-state index in [1.54, 1.807) is 10.8 Å². The molecule has 2 aromatic rings. The Morgan fingerprint density at radius 3 is 3.00 bits per heavy atom. The quantitative estimate of drug-likeness (QED) is 0.769. The summed E-state index contributed by atoms with van der Waals surface area (Å²) in [5.74, 6) is 0.679. The zero-order valence-corrected chi connectivity index (χ0v) is 13.4. The smallest absolute Gasteiger partial charge is 0.344 e. The minimum atomic E-state index is -0.168. The molecule has 2 rings (SSSR count). The van der Waals surface area contributed by atoms with Crippen LogP contribution in [0.1, 0.15) is 38.9 Å². The molecule has 0 radical (unpaired) electrons. The zero-order chi connectivity index (χ0) is 15.2. The van der Waals surface area contributed by atoms with Gasteiger partial charge in [0, 0.05) is 30.2 Å². The Morgan fingerprint density at radius 2 is 2.29 bits per heavy atom. The maximum atomic E-state index is 11.7. The van der Waals surface area contributed by atoms with Gasteiger partial charge in [-0.3, -0.25) is 9.55 Å². The van der Waals surface area contributed by atoms with Gasteiger partial charge < -0.3 is 5.32 Å². The van der Waals surface area contributed by atoms with Crippen LogP contribution in [-0.4, -0.2) is 26.3 Å². The maximum absolute atomic E-state index is 11.7. The first-order chi connectivity index (χ1) is 10.1. The lowest BCUT2D eigenvalue weighted by Gasteiger charge is -2.09. The third kappa shape index (κ3) is 4.10. The van der Waals surface area contributed by atoms with Crippen LogP contribution in [0.3, 0.4) is 0 Å². The molecule has 0 atom stereocenters. The Morgan fingerprint density at radius 1 is 1.48 bits per heavy atom. The topological polar surface area (TPSA) is 75.6 Å². The summed E-state index contributed by atoms with van der Waals surface area (Å²) in [6.07, 6.45) is 2.88. The molecule has 0 amide bonds. The first kappa shape index (κ1) is 15.6. The standard InChI is InChI=1S/C14H21N5OS/c1-4-6-15-11-5-7-16-12(8-11)9-21-14-18-17-13(20)19(14)10(2)3/h5,7-8,10H,4,6,9H2,1-3H3,(H,15,16)(H,17,20). The molecule has 0 aliphatic carbocycles. The minimum Gasteiger partial charge on any atom is -0.385 e. The van der Waals surface area contributed by atoms with E-state index in [9.17, 15) is 4.79 Å². The number of nitrogens with one attached hydrogen (secondary N) is 2. The fourth-order valence-electron chi connectivity index (χ4n) is 1.92. The highest BCUT2D eigenvalue weighted by atomic mass is 32.2. The summed E-state index contributed by atoms with van der Waals surface area (Å²) in [5, 5.41) is 10.6. The van der Waals surface area contributed by atoms with Gasteiger partial charge in [-0.2, -0.15) is 0 Å². The molecule has 0 aliphatic heterocycles. The van der Waals surface area contributed by atoms with Crippen LogP contribution in [0.5, 0.6) is 0 Å². The molecule has 0 fully saturated rings. The van der Waals surface area contributed by atoms with Crippen molar-refractivity contribution >= 4 is 17.4 Å². The van der Waals surface area contributed by atoms with E-state index < -0.39 is 0 Å². The molecule has 2 N–H and O–H groups in total. The van der Waals surface area contributed by atoms with Crippen LogP contribution in [0.15, 0.2) is 28.3 Å². The second-order valence-electron chi connectivity index (χ2n) is 5.03. The highest BCUT2D eigenvalue weighted by molar-refractivity contribution is 7.98. The van der Waals surface area contributed by atoms with Gasteiger partial charge in [-0.1, -0.05) is 18.7 Å². The second kappa shape index (κ2) is 7.31. The van der Waals surface area contributed by atoms with Crippen LogP contribution in [0.2, 0.25) is 0 Å². The lowest BCUT2D eigenvalue weighted by Crippen LogP contribution is -2.19. The number of thioether (sulfide) groups is 1. The molecule has 0 saturated carbocycles. The fourth-order valence-corrected chi connectivity index (χ4v) is 2.90. The zero-order valence-electron chi connectivity index (χ0n) is 12.6. The van der Waals surface area contributed by atoms with E-state index in [-0.39, 0.29) is 11.7 Å². The van der Waals surface area contributed by atoms with E-state index in [1.165, 1.54) is 11.8 Å². The first-order valence-corrected chi connectivity index (χ1v) is 8.09. The van der Waals surface area contributed by atoms with Gasteiger partial charge in [-0.15, -0.1) is 5.10 Å². The maximum Gasteiger partial charge on any atom is 0.344 e. The molecule has 6 nitrogen and oxygen atoms in total. The van der Waals surface area contributed by atoms with E-state index >= 15 is 0 Å². The lowest BCUT2D eigenvalue weighted by atomic mass is 10.3. The summed E-state index contributed by atoms with van der Waals surface area (Å²) in [5.41, 5.74) is 1.87. The number of aromatic nitrogens is 4. The number of hydrogen-bond acceptors (Lipinski definition) is 5. The molecule has 0 aliphatic rings. The molecule has 2 aromatic heterocycles. The van der Waals surface area contributed by atoms with Crippen molar-refractivity contribution in [3.63, 3.8) is 0 Å². The molecule has 0 spiro atoms. The molecule has 0 saturated heterocycles. The molecule has 0 bridgehead atoms. The average Bonchev–Trinajstić information content (AvgIpc) is 2.84. The van der Waals surface area contributed by atoms with Gasteiger partial charge in [0.25, 0.3) is 0 Å². The Labute approximate surface area is 128 Å². The normalized spacial score (nSPS) is 11.0. The van der Waals surface area contributed by atoms with Crippen molar-refractivity contribution in [2.24, 2.45) is 0 Å². The summed E-state index contributed by atoms with van der Waals surface area (Å²) >= 11 is 1.51. The Kier molecular flexibility index (Phi) is 5.44. The molecule has 0 unspecified atom stereocenters.